The molecule has 2 rings (SSSR count). The normalized spacial score (nSPS) is 26.6. The number of rotatable bonds is 3. The molecule has 20 heavy (non-hydrogen) atoms. The van der Waals surface area contributed by atoms with Crippen LogP contribution in [0.25, 0.3) is 0 Å². The fraction of sp³-hybridized carbons (Fsp3) is 0.273. The van der Waals surface area contributed by atoms with E-state index in [4.69, 9.17) is 0 Å². The van der Waals surface area contributed by atoms with Crippen LogP contribution >= 0.6 is 0 Å². The smallest absolute Gasteiger partial charge is 0.299 e. The van der Waals surface area contributed by atoms with Crippen molar-refractivity contribution in [2.75, 3.05) is 14.1 Å². The van der Waals surface area contributed by atoms with Gasteiger partial charge < -0.3 is 9.45 Å². The van der Waals surface area contributed by atoms with Crippen LogP contribution in [0.2, 0.25) is 0 Å². The van der Waals surface area contributed by atoms with Crippen LogP contribution < -0.4 is 0 Å². The summed E-state index contributed by atoms with van der Waals surface area (Å²) >= 11 is 0. The second kappa shape index (κ2) is 4.93. The molecule has 0 aromatic heterocycles. The lowest BCUT2D eigenvalue weighted by atomic mass is 10.3. The molecule has 0 fully saturated rings. The quantitative estimate of drug-likeness (QED) is 0.481. The first-order valence-electron chi connectivity index (χ1n) is 5.64. The Morgan fingerprint density at radius 2 is 2.05 bits per heavy atom. The van der Waals surface area contributed by atoms with Crippen LogP contribution in [0.5, 0.6) is 0 Å². The highest BCUT2D eigenvalue weighted by molar-refractivity contribution is 7.80. The summed E-state index contributed by atoms with van der Waals surface area (Å²) in [6.45, 7) is 0. The minimum Gasteiger partial charge on any atom is -0.701 e. The molecule has 0 bridgehead atoms. The zero-order chi connectivity index (χ0) is 15.0. The maximum atomic E-state index is 13.4. The Kier molecular flexibility index (Phi) is 3.59. The molecule has 9 heteroatoms. The molecule has 1 aromatic carbocycles. The molecule has 1 aliphatic heterocycles. The van der Waals surface area contributed by atoms with Crippen molar-refractivity contribution in [3.05, 3.63) is 42.5 Å². The van der Waals surface area contributed by atoms with Gasteiger partial charge in [-0.05, 0) is 12.1 Å². The molecule has 2 atom stereocenters. The lowest BCUT2D eigenvalue weighted by Crippen LogP contribution is -2.52. The zero-order valence-electron chi connectivity index (χ0n) is 10.8. The molecular formula is C11H13FN4O3S. The number of quaternary nitrogens is 1. The number of azo groups is 1. The Balaban J connectivity index is 2.35. The van der Waals surface area contributed by atoms with Gasteiger partial charge in [-0.25, -0.2) is 4.39 Å². The Hall–Kier alpha value is -1.84. The summed E-state index contributed by atoms with van der Waals surface area (Å²) in [6, 6.07) is 5.69. The molecule has 0 saturated heterocycles. The first-order valence-corrected chi connectivity index (χ1v) is 7.01. The SMILES string of the molecule is CN1C=C[N+](C)(S(=O)(=O)[O-])C1/N=N/c1ccccc1F. The molecule has 0 saturated carbocycles. The molecular weight excluding hydrogens is 287 g/mol. The molecule has 0 amide bonds. The molecule has 0 radical (unpaired) electrons. The summed E-state index contributed by atoms with van der Waals surface area (Å²) in [7, 11) is -1.93. The van der Waals surface area contributed by atoms with Gasteiger partial charge in [0.25, 0.3) is 16.6 Å². The van der Waals surface area contributed by atoms with E-state index in [1.165, 1.54) is 42.5 Å². The monoisotopic (exact) mass is 300 g/mol. The number of benzene rings is 1. The van der Waals surface area contributed by atoms with Crippen molar-refractivity contribution in [3.8, 4) is 0 Å². The first kappa shape index (κ1) is 14.6. The summed E-state index contributed by atoms with van der Waals surface area (Å²) in [5.41, 5.74) is -0.0253. The van der Waals surface area contributed by atoms with Gasteiger partial charge in [0.2, 0.25) is 0 Å². The molecule has 1 aliphatic rings. The third kappa shape index (κ3) is 2.42. The molecule has 1 heterocycles. The molecule has 7 nitrogen and oxygen atoms in total. The van der Waals surface area contributed by atoms with E-state index in [1.807, 2.05) is 0 Å². The fourth-order valence-electron chi connectivity index (χ4n) is 1.77. The van der Waals surface area contributed by atoms with Gasteiger partial charge in [-0.1, -0.05) is 12.1 Å². The predicted octanol–water partition coefficient (Wildman–Crippen LogP) is 1.52. The van der Waals surface area contributed by atoms with Gasteiger partial charge >= 0.3 is 0 Å². The van der Waals surface area contributed by atoms with Gasteiger partial charge in [-0.2, -0.15) is 12.3 Å². The van der Waals surface area contributed by atoms with E-state index in [0.717, 1.165) is 0 Å². The van der Waals surface area contributed by atoms with Crippen molar-refractivity contribution < 1.29 is 21.2 Å². The summed E-state index contributed by atoms with van der Waals surface area (Å²) in [4.78, 5) is 1.42. The predicted molar refractivity (Wildman–Crippen MR) is 67.5 cm³/mol. The third-order valence-electron chi connectivity index (χ3n) is 3.02. The van der Waals surface area contributed by atoms with Crippen LogP contribution in [-0.4, -0.2) is 42.1 Å². The largest absolute Gasteiger partial charge is 0.701 e. The molecule has 2 unspecified atom stereocenters. The first-order chi connectivity index (χ1) is 9.25. The Morgan fingerprint density at radius 3 is 2.65 bits per heavy atom. The van der Waals surface area contributed by atoms with Crippen molar-refractivity contribution >= 4 is 16.0 Å². The summed E-state index contributed by atoms with van der Waals surface area (Å²) in [6.07, 6.45) is 1.53. The number of nitrogens with zero attached hydrogens (tertiary/aromatic N) is 4. The topological polar surface area (TPSA) is 85.2 Å². The van der Waals surface area contributed by atoms with Crippen LogP contribution in [0, 0.1) is 5.82 Å². The average Bonchev–Trinajstić information content (AvgIpc) is 2.66. The van der Waals surface area contributed by atoms with Crippen molar-refractivity contribution in [2.24, 2.45) is 10.2 Å². The van der Waals surface area contributed by atoms with E-state index < -0.39 is 26.3 Å². The standard InChI is InChI=1S/C11H13FN4O3S/c1-15-7-8-16(2,20(17,18)19)11(15)14-13-10-6-4-3-5-9(10)12/h3-8,11H,1-2H3/b14-13+. The molecule has 108 valence electrons. The van der Waals surface area contributed by atoms with Gasteiger partial charge in [0, 0.05) is 7.05 Å². The van der Waals surface area contributed by atoms with E-state index in [0.29, 0.717) is 0 Å². The highest BCUT2D eigenvalue weighted by Crippen LogP contribution is 2.28. The second-order valence-electron chi connectivity index (χ2n) is 4.46. The lowest BCUT2D eigenvalue weighted by molar-refractivity contribution is -0.768. The van der Waals surface area contributed by atoms with Crippen molar-refractivity contribution in [3.63, 3.8) is 0 Å². The van der Waals surface area contributed by atoms with E-state index in [1.54, 1.807) is 13.1 Å². The van der Waals surface area contributed by atoms with Crippen LogP contribution in [0.15, 0.2) is 46.9 Å². The van der Waals surface area contributed by atoms with Crippen molar-refractivity contribution in [1.29, 1.82) is 0 Å². The summed E-state index contributed by atoms with van der Waals surface area (Å²) in [5, 5.41) is 7.49. The van der Waals surface area contributed by atoms with E-state index in [9.17, 15) is 17.4 Å². The summed E-state index contributed by atoms with van der Waals surface area (Å²) < 4.78 is 46.5. The van der Waals surface area contributed by atoms with Crippen LogP contribution in [0.1, 0.15) is 0 Å². The highest BCUT2D eigenvalue weighted by Gasteiger charge is 2.44. The average molecular weight is 300 g/mol. The van der Waals surface area contributed by atoms with Crippen molar-refractivity contribution in [1.82, 2.24) is 4.90 Å². The van der Waals surface area contributed by atoms with E-state index in [-0.39, 0.29) is 5.69 Å². The molecule has 0 spiro atoms. The third-order valence-corrected chi connectivity index (χ3v) is 4.30. The number of hydrogen-bond acceptors (Lipinski definition) is 6. The maximum absolute atomic E-state index is 13.4. The zero-order valence-corrected chi connectivity index (χ0v) is 11.7. The molecule has 0 aliphatic carbocycles. The van der Waals surface area contributed by atoms with E-state index in [2.05, 4.69) is 10.2 Å². The Labute approximate surface area is 116 Å². The van der Waals surface area contributed by atoms with Crippen LogP contribution in [0.3, 0.4) is 0 Å². The van der Waals surface area contributed by atoms with Crippen LogP contribution in [0.4, 0.5) is 10.1 Å². The minimum absolute atomic E-state index is 0.0253. The lowest BCUT2D eigenvalue weighted by Gasteiger charge is -2.33. The van der Waals surface area contributed by atoms with E-state index >= 15 is 0 Å². The van der Waals surface area contributed by atoms with Gasteiger partial charge in [0.05, 0.1) is 13.2 Å². The fourth-order valence-corrected chi connectivity index (χ4v) is 2.40. The van der Waals surface area contributed by atoms with Gasteiger partial charge in [-0.3, -0.25) is 0 Å². The number of halogens is 1. The number of hydrogen-bond donors (Lipinski definition) is 0. The maximum Gasteiger partial charge on any atom is 0.299 e. The minimum atomic E-state index is -4.69. The Morgan fingerprint density at radius 1 is 1.40 bits per heavy atom. The second-order valence-corrected chi connectivity index (χ2v) is 6.11. The highest BCUT2D eigenvalue weighted by atomic mass is 32.2. The summed E-state index contributed by atoms with van der Waals surface area (Å²) in [5.74, 6) is -0.580. The molecule has 0 N–H and O–H groups in total. The van der Waals surface area contributed by atoms with Gasteiger partial charge in [0.15, 0.2) is 5.82 Å². The van der Waals surface area contributed by atoms with Gasteiger partial charge in [0.1, 0.15) is 11.9 Å². The van der Waals surface area contributed by atoms with Gasteiger partial charge in [-0.15, -0.1) is 10.2 Å². The van der Waals surface area contributed by atoms with Crippen molar-refractivity contribution in [2.45, 2.75) is 6.29 Å². The molecule has 1 aromatic rings. The Bertz CT molecular complexity index is 676. The van der Waals surface area contributed by atoms with Crippen LogP contribution in [-0.2, 0) is 10.3 Å².